The minimum atomic E-state index is -4.70. The van der Waals surface area contributed by atoms with Gasteiger partial charge in [-0.3, -0.25) is 0 Å². The molecule has 0 fully saturated rings. The molecule has 0 aliphatic rings. The Morgan fingerprint density at radius 1 is 1.05 bits per heavy atom. The van der Waals surface area contributed by atoms with Crippen molar-refractivity contribution in [3.05, 3.63) is 59.7 Å². The van der Waals surface area contributed by atoms with E-state index in [4.69, 9.17) is 16.3 Å². The van der Waals surface area contributed by atoms with Crippen molar-refractivity contribution in [3.8, 4) is 11.5 Å². The molecule has 2 aromatic rings. The SMILES string of the molecule is CCOc1ccccc1C(Cl)c1ccc(OC(F)(F)F)cc1. The Balaban J connectivity index is 2.21. The maximum Gasteiger partial charge on any atom is 0.573 e. The largest absolute Gasteiger partial charge is 0.573 e. The molecule has 0 spiro atoms. The molecule has 0 aromatic heterocycles. The Kier molecular flexibility index (Phi) is 5.19. The Labute approximate surface area is 131 Å². The van der Waals surface area contributed by atoms with Crippen LogP contribution in [0.1, 0.15) is 23.4 Å². The topological polar surface area (TPSA) is 18.5 Å². The van der Waals surface area contributed by atoms with Gasteiger partial charge in [-0.25, -0.2) is 0 Å². The molecule has 2 rings (SSSR count). The van der Waals surface area contributed by atoms with Crippen molar-refractivity contribution in [1.29, 1.82) is 0 Å². The summed E-state index contributed by atoms with van der Waals surface area (Å²) in [6.07, 6.45) is -4.70. The molecule has 0 N–H and O–H groups in total. The van der Waals surface area contributed by atoms with Crippen molar-refractivity contribution in [2.24, 2.45) is 0 Å². The van der Waals surface area contributed by atoms with Crippen LogP contribution in [0.5, 0.6) is 11.5 Å². The van der Waals surface area contributed by atoms with Gasteiger partial charge in [0, 0.05) is 5.56 Å². The number of alkyl halides is 4. The highest BCUT2D eigenvalue weighted by Crippen LogP contribution is 2.36. The van der Waals surface area contributed by atoms with E-state index in [9.17, 15) is 13.2 Å². The van der Waals surface area contributed by atoms with Crippen LogP contribution in [0, 0.1) is 0 Å². The van der Waals surface area contributed by atoms with Gasteiger partial charge in [0.1, 0.15) is 11.5 Å². The molecule has 1 unspecified atom stereocenters. The zero-order valence-corrected chi connectivity index (χ0v) is 12.5. The lowest BCUT2D eigenvalue weighted by molar-refractivity contribution is -0.274. The maximum atomic E-state index is 12.1. The number of rotatable bonds is 5. The normalized spacial score (nSPS) is 12.8. The third kappa shape index (κ3) is 4.31. The lowest BCUT2D eigenvalue weighted by atomic mass is 10.0. The summed E-state index contributed by atoms with van der Waals surface area (Å²) in [5, 5.41) is -0.525. The highest BCUT2D eigenvalue weighted by atomic mass is 35.5. The average molecular weight is 331 g/mol. The first-order valence-electron chi connectivity index (χ1n) is 6.62. The van der Waals surface area contributed by atoms with E-state index in [2.05, 4.69) is 4.74 Å². The minimum absolute atomic E-state index is 0.279. The number of para-hydroxylation sites is 1. The summed E-state index contributed by atoms with van der Waals surface area (Å²) in [5.74, 6) is 0.374. The van der Waals surface area contributed by atoms with Crippen LogP contribution >= 0.6 is 11.6 Å². The van der Waals surface area contributed by atoms with Crippen molar-refractivity contribution in [2.45, 2.75) is 18.7 Å². The van der Waals surface area contributed by atoms with Gasteiger partial charge >= 0.3 is 6.36 Å². The smallest absolute Gasteiger partial charge is 0.494 e. The molecule has 0 amide bonds. The first-order valence-corrected chi connectivity index (χ1v) is 7.06. The molecule has 22 heavy (non-hydrogen) atoms. The number of hydrogen-bond donors (Lipinski definition) is 0. The van der Waals surface area contributed by atoms with Gasteiger partial charge in [-0.15, -0.1) is 24.8 Å². The van der Waals surface area contributed by atoms with E-state index in [1.807, 2.05) is 25.1 Å². The van der Waals surface area contributed by atoms with Crippen molar-refractivity contribution in [3.63, 3.8) is 0 Å². The molecule has 2 aromatic carbocycles. The third-order valence-electron chi connectivity index (χ3n) is 2.90. The number of hydrogen-bond acceptors (Lipinski definition) is 2. The second-order valence-corrected chi connectivity index (χ2v) is 4.89. The Morgan fingerprint density at radius 2 is 1.68 bits per heavy atom. The van der Waals surface area contributed by atoms with E-state index in [1.54, 1.807) is 6.07 Å². The fraction of sp³-hybridized carbons (Fsp3) is 0.250. The molecule has 118 valence electrons. The highest BCUT2D eigenvalue weighted by Gasteiger charge is 2.31. The first-order chi connectivity index (χ1) is 10.4. The van der Waals surface area contributed by atoms with Crippen molar-refractivity contribution < 1.29 is 22.6 Å². The van der Waals surface area contributed by atoms with E-state index in [0.29, 0.717) is 17.9 Å². The molecule has 1 atom stereocenters. The molecule has 6 heteroatoms. The Hall–Kier alpha value is -1.88. The lowest BCUT2D eigenvalue weighted by Crippen LogP contribution is -2.17. The summed E-state index contributed by atoms with van der Waals surface area (Å²) < 4.78 is 45.8. The summed E-state index contributed by atoms with van der Waals surface area (Å²) >= 11 is 6.41. The van der Waals surface area contributed by atoms with Gasteiger partial charge in [0.25, 0.3) is 0 Å². The average Bonchev–Trinajstić information content (AvgIpc) is 2.47. The van der Waals surface area contributed by atoms with Gasteiger partial charge in [-0.05, 0) is 30.7 Å². The van der Waals surface area contributed by atoms with E-state index in [1.165, 1.54) is 24.3 Å². The van der Waals surface area contributed by atoms with Crippen LogP contribution in [0.4, 0.5) is 13.2 Å². The van der Waals surface area contributed by atoms with Crippen LogP contribution in [0.2, 0.25) is 0 Å². The molecule has 0 saturated carbocycles. The standard InChI is InChI=1S/C16H14ClF3O2/c1-2-21-14-6-4-3-5-13(14)15(17)11-7-9-12(10-8-11)22-16(18,19)20/h3-10,15H,2H2,1H3. The minimum Gasteiger partial charge on any atom is -0.494 e. The van der Waals surface area contributed by atoms with E-state index in [-0.39, 0.29) is 5.75 Å². The number of benzene rings is 2. The number of halogens is 4. The van der Waals surface area contributed by atoms with E-state index >= 15 is 0 Å². The van der Waals surface area contributed by atoms with Gasteiger partial charge in [0.05, 0.1) is 12.0 Å². The molecule has 0 radical (unpaired) electrons. The predicted octanol–water partition coefficient (Wildman–Crippen LogP) is 5.31. The summed E-state index contributed by atoms with van der Waals surface area (Å²) in [5.41, 5.74) is 1.42. The molecule has 0 aliphatic heterocycles. The van der Waals surface area contributed by atoms with Crippen LogP contribution in [-0.4, -0.2) is 13.0 Å². The van der Waals surface area contributed by atoms with Crippen molar-refractivity contribution in [2.75, 3.05) is 6.61 Å². The molecular formula is C16H14ClF3O2. The van der Waals surface area contributed by atoms with Crippen LogP contribution < -0.4 is 9.47 Å². The maximum absolute atomic E-state index is 12.1. The summed E-state index contributed by atoms with van der Waals surface area (Å²) in [4.78, 5) is 0. The summed E-state index contributed by atoms with van der Waals surface area (Å²) in [6.45, 7) is 2.36. The molecule has 0 aliphatic carbocycles. The lowest BCUT2D eigenvalue weighted by Gasteiger charge is -2.16. The van der Waals surface area contributed by atoms with Gasteiger partial charge in [-0.1, -0.05) is 30.3 Å². The molecule has 0 heterocycles. The molecule has 2 nitrogen and oxygen atoms in total. The van der Waals surface area contributed by atoms with Crippen LogP contribution in [0.3, 0.4) is 0 Å². The molecule has 0 saturated heterocycles. The van der Waals surface area contributed by atoms with Gasteiger partial charge in [0.2, 0.25) is 0 Å². The molecule has 0 bridgehead atoms. The fourth-order valence-electron chi connectivity index (χ4n) is 1.99. The summed E-state index contributed by atoms with van der Waals surface area (Å²) in [6, 6.07) is 12.8. The van der Waals surface area contributed by atoms with Gasteiger partial charge < -0.3 is 9.47 Å². The highest BCUT2D eigenvalue weighted by molar-refractivity contribution is 6.22. The van der Waals surface area contributed by atoms with Crippen LogP contribution in [0.15, 0.2) is 48.5 Å². The quantitative estimate of drug-likeness (QED) is 0.691. The van der Waals surface area contributed by atoms with Crippen molar-refractivity contribution in [1.82, 2.24) is 0 Å². The molecular weight excluding hydrogens is 317 g/mol. The second-order valence-electron chi connectivity index (χ2n) is 4.45. The monoisotopic (exact) mass is 330 g/mol. The van der Waals surface area contributed by atoms with Gasteiger partial charge in [-0.2, -0.15) is 0 Å². The Bertz CT molecular complexity index is 612. The second kappa shape index (κ2) is 6.92. The van der Waals surface area contributed by atoms with Crippen molar-refractivity contribution >= 4 is 11.6 Å². The predicted molar refractivity (Wildman–Crippen MR) is 78.4 cm³/mol. The fourth-order valence-corrected chi connectivity index (χ4v) is 2.32. The first kappa shape index (κ1) is 16.5. The summed E-state index contributed by atoms with van der Waals surface area (Å²) in [7, 11) is 0. The van der Waals surface area contributed by atoms with E-state index < -0.39 is 11.7 Å². The zero-order valence-electron chi connectivity index (χ0n) is 11.7. The zero-order chi connectivity index (χ0) is 16.2. The van der Waals surface area contributed by atoms with Crippen LogP contribution in [0.25, 0.3) is 0 Å². The third-order valence-corrected chi connectivity index (χ3v) is 3.39. The van der Waals surface area contributed by atoms with Gasteiger partial charge in [0.15, 0.2) is 0 Å². The Morgan fingerprint density at radius 3 is 2.27 bits per heavy atom. The van der Waals surface area contributed by atoms with E-state index in [0.717, 1.165) is 5.56 Å². The number of ether oxygens (including phenoxy) is 2. The van der Waals surface area contributed by atoms with Crippen LogP contribution in [-0.2, 0) is 0 Å².